The maximum Gasteiger partial charge on any atom is 0.332 e. The fourth-order valence-electron chi connectivity index (χ4n) is 2.34. The molecule has 0 aromatic heterocycles. The van der Waals surface area contributed by atoms with Crippen LogP contribution in [0.4, 0.5) is 0 Å². The molecule has 0 heterocycles. The summed E-state index contributed by atoms with van der Waals surface area (Å²) in [7, 11) is -5.48. The summed E-state index contributed by atoms with van der Waals surface area (Å²) in [6.45, 7) is 26.1. The number of aliphatic hydroxyl groups excluding tert-OH is 4. The van der Waals surface area contributed by atoms with Crippen LogP contribution in [-0.2, 0) is 42.0 Å². The van der Waals surface area contributed by atoms with E-state index >= 15 is 0 Å². The predicted octanol–water partition coefficient (Wildman–Crippen LogP) is 6.54. The Morgan fingerprint density at radius 3 is 1.24 bits per heavy atom. The minimum Gasteiger partial charge on any atom is -0.384 e. The van der Waals surface area contributed by atoms with Gasteiger partial charge in [-0.05, 0) is 104 Å². The third-order valence-electron chi connectivity index (χ3n) is 6.30. The van der Waals surface area contributed by atoms with Crippen molar-refractivity contribution in [1.82, 2.24) is 20.8 Å². The van der Waals surface area contributed by atoms with Crippen molar-refractivity contribution in [3.05, 3.63) is 0 Å². The van der Waals surface area contributed by atoms with Crippen LogP contribution in [-0.4, -0.2) is 232 Å². The van der Waals surface area contributed by atoms with E-state index in [0.29, 0.717) is 30.7 Å². The Morgan fingerprint density at radius 2 is 1.11 bits per heavy atom. The van der Waals surface area contributed by atoms with Crippen molar-refractivity contribution >= 4 is 134 Å². The number of thiol groups is 2. The molecule has 0 aliphatic carbocycles. The Bertz CT molecular complexity index is 1470. The molecular weight excluding hydrogens is 1110 g/mol. The molecule has 430 valence electrons. The number of nitrogens with one attached hydrogen (secondary N) is 2. The molecular formula is C38H100B2Cl3N5O15P5S2+. The summed E-state index contributed by atoms with van der Waals surface area (Å²) in [5, 5.41) is 48.0. The minimum absolute atomic E-state index is 0. The zero-order valence-electron chi connectivity index (χ0n) is 48.6. The lowest BCUT2D eigenvalue weighted by Crippen LogP contribution is -2.48. The Morgan fingerprint density at radius 1 is 0.829 bits per heavy atom. The number of hydroxylamine groups is 3. The largest absolute Gasteiger partial charge is 0.384 e. The van der Waals surface area contributed by atoms with Gasteiger partial charge in [-0.1, -0.05) is 39.5 Å². The van der Waals surface area contributed by atoms with Crippen LogP contribution >= 0.6 is 96.1 Å². The van der Waals surface area contributed by atoms with Gasteiger partial charge in [0.15, 0.2) is 13.0 Å². The number of aldehydes is 2. The van der Waals surface area contributed by atoms with Crippen molar-refractivity contribution in [1.29, 1.82) is 5.53 Å². The van der Waals surface area contributed by atoms with Crippen LogP contribution in [0.15, 0.2) is 0 Å². The number of nitrogens with two attached hydrogens (primary N) is 1. The van der Waals surface area contributed by atoms with Gasteiger partial charge in [-0.2, -0.15) is 0 Å². The standard InChI is InChI=1S/C11H25N2O4P.C5H14NO2P.2C4H10ClO2P.C4H9NO2.C2H3ClO.C2H6OP.C2H4O.2CH5BS.CH5N.CH4/c1-6-7-10(14)13(16)9(2)12(3)8-11(15)18(4,5)17;1-6-4-5(7)9(2,3)8;2*1-8(2,7)4(6)3-5;1-2-3-4(6)5-7;3-1-2-4;1-4(2)3;3*1-2-3;1-2;/h9,11,15-16H,6-8H2,1-5H3;5-7H,4H2,1-3H3;2*4,6H,3H2,1-2H3;7H,2-3H2,1H3,(H,5,6);2H,1H2;1-2H3;2H,1H3;2*2-3H,1H3;2H2,1H3;1H4/q;;;;;;+1;;;;;/i;7T;6T;;;;;;2*2D;;. The quantitative estimate of drug-likeness (QED) is 0.00956. The van der Waals surface area contributed by atoms with Crippen molar-refractivity contribution in [3.63, 3.8) is 0 Å². The van der Waals surface area contributed by atoms with Crippen LogP contribution in [0.25, 0.3) is 0 Å². The number of rotatable bonds is 19. The number of nitrogens with zero attached hydrogens (tertiary/aromatic N) is 2. The Hall–Kier alpha value is 0.640. The maximum absolute atomic E-state index is 11.7. The lowest BCUT2D eigenvalue weighted by atomic mass is 10.2. The van der Waals surface area contributed by atoms with Gasteiger partial charge in [-0.25, -0.2) is 35.5 Å². The van der Waals surface area contributed by atoms with Gasteiger partial charge in [0.25, 0.3) is 0 Å². The van der Waals surface area contributed by atoms with Crippen molar-refractivity contribution < 1.29 is 72.8 Å². The fraction of sp³-hybridized carbons (Fsp3) is 0.895. The minimum atomic E-state index is -2.59. The zero-order valence-corrected chi connectivity index (χ0v) is 53.1. The monoisotopic (exact) mass is 1220 g/mol. The summed E-state index contributed by atoms with van der Waals surface area (Å²) in [6, 6.07) is 0. The van der Waals surface area contributed by atoms with E-state index in [-0.39, 0.29) is 62.9 Å². The molecule has 10 N–H and O–H groups in total. The fourth-order valence-corrected chi connectivity index (χ4v) is 6.27. The van der Waals surface area contributed by atoms with Crippen LogP contribution in [0.3, 0.4) is 0 Å². The third kappa shape index (κ3) is 97.9. The van der Waals surface area contributed by atoms with E-state index in [9.17, 15) is 42.7 Å². The van der Waals surface area contributed by atoms with Gasteiger partial charge >= 0.3 is 7.80 Å². The van der Waals surface area contributed by atoms with Crippen LogP contribution < -0.4 is 16.5 Å². The second kappa shape index (κ2) is 67.7. The van der Waals surface area contributed by atoms with Crippen molar-refractivity contribution in [2.45, 2.75) is 104 Å². The normalized spacial score (nSPS) is 12.7. The number of carbonyl (C=O) groups is 4. The zero-order chi connectivity index (χ0) is 61.5. The van der Waals surface area contributed by atoms with Gasteiger partial charge in [0, 0.05) is 25.9 Å². The first-order chi connectivity index (χ1) is 33.0. The number of carbonyl (C=O) groups excluding carboxylic acids is 4. The molecule has 0 spiro atoms. The highest BCUT2D eigenvalue weighted by Crippen LogP contribution is 2.42. The van der Waals surface area contributed by atoms with Crippen LogP contribution in [0.5, 0.6) is 0 Å². The Labute approximate surface area is 458 Å². The van der Waals surface area contributed by atoms with Crippen molar-refractivity contribution in [2.75, 3.05) is 119 Å². The molecule has 0 aliphatic rings. The predicted molar refractivity (Wildman–Crippen MR) is 316 cm³/mol. The number of aliphatic hydroxyl groups is 4. The summed E-state index contributed by atoms with van der Waals surface area (Å²) < 4.78 is 80.3. The molecule has 5 atom stereocenters. The highest BCUT2D eigenvalue weighted by atomic mass is 35.5. The van der Waals surface area contributed by atoms with Gasteiger partial charge in [-0.15, -0.1) is 34.8 Å². The number of halogens is 3. The number of amides is 2. The molecule has 70 heavy (non-hydrogen) atoms. The molecule has 0 rings (SSSR count). The van der Waals surface area contributed by atoms with Crippen LogP contribution in [0.1, 0.15) is 60.8 Å². The van der Waals surface area contributed by atoms with Gasteiger partial charge in [0.1, 0.15) is 84.0 Å². The molecule has 5 unspecified atom stereocenters. The first-order valence-electron chi connectivity index (χ1n) is 22.7. The van der Waals surface area contributed by atoms with Crippen molar-refractivity contribution in [2.24, 2.45) is 5.73 Å². The first kappa shape index (κ1) is 87.3. The summed E-state index contributed by atoms with van der Waals surface area (Å²) in [5.74, 6) is -3.26. The molecule has 0 saturated carbocycles. The number of hydrogen-bond donors (Lipinski definition) is 11. The van der Waals surface area contributed by atoms with Gasteiger partial charge in [0.05, 0.1) is 17.6 Å². The SMILES string of the molecule is C.CC=O.CCCC(=O)N(O)C(C)N(C)CC(O)P(C)(C)=O.CCCC(=O)NO.CN.CP(C)(=O)C(O)CCl.C[P+](C)=O.O=CCCl.[2H]B(C)S.[2H]B(C)S.[3H]OC(CCl)P(C)(C)=O.[3H]OC(CNC)P(C)(C)=O. The number of alkyl halides is 3. The highest BCUT2D eigenvalue weighted by molar-refractivity contribution is 8.06. The molecule has 0 aromatic rings. The summed E-state index contributed by atoms with van der Waals surface area (Å²) in [6.07, 6.45) is 2.93. The molecule has 0 aromatic carbocycles. The molecule has 0 bridgehead atoms. The lowest BCUT2D eigenvalue weighted by Gasteiger charge is -2.32. The van der Waals surface area contributed by atoms with E-state index in [4.69, 9.17) is 60.2 Å². The molecule has 20 nitrogen and oxygen atoms in total. The van der Waals surface area contributed by atoms with Crippen LogP contribution in [0.2, 0.25) is 13.6 Å². The number of likely N-dealkylation sites (N-methyl/N-ethyl adjacent to an activating group) is 2. The van der Waals surface area contributed by atoms with E-state index in [1.54, 1.807) is 79.6 Å². The second-order valence-corrected chi connectivity index (χ2v) is 32.1. The average molecular weight is 1220 g/mol. The summed E-state index contributed by atoms with van der Waals surface area (Å²) >= 11 is 22.6. The Kier molecular flexibility index (Phi) is 84.4. The summed E-state index contributed by atoms with van der Waals surface area (Å²) in [4.78, 5) is 41.0. The lowest BCUT2D eigenvalue weighted by molar-refractivity contribution is -0.189. The molecule has 2 amide bonds. The second-order valence-electron chi connectivity index (χ2n) is 14.7. The van der Waals surface area contributed by atoms with E-state index in [2.05, 4.69) is 46.2 Å². The van der Waals surface area contributed by atoms with E-state index in [1.807, 2.05) is 13.8 Å². The van der Waals surface area contributed by atoms with Crippen LogP contribution in [0, 0.1) is 0 Å². The van der Waals surface area contributed by atoms with E-state index < -0.39 is 65.9 Å². The smallest absolute Gasteiger partial charge is 0.332 e. The molecule has 0 radical (unpaired) electrons. The van der Waals surface area contributed by atoms with E-state index in [1.165, 1.54) is 46.1 Å². The first-order valence-corrected chi connectivity index (χ1v) is 36.2. The van der Waals surface area contributed by atoms with Gasteiger partial charge in [0.2, 0.25) is 14.7 Å². The highest BCUT2D eigenvalue weighted by Gasteiger charge is 2.27. The maximum atomic E-state index is 11.7. The van der Waals surface area contributed by atoms with E-state index in [0.717, 1.165) is 12.7 Å². The average Bonchev–Trinajstić information content (AvgIpc) is 3.25. The molecule has 0 saturated heterocycles. The Balaban J connectivity index is -0.0000000605. The molecule has 0 fully saturated rings. The van der Waals surface area contributed by atoms with Gasteiger partial charge < -0.3 is 59.3 Å². The summed E-state index contributed by atoms with van der Waals surface area (Å²) in [5.41, 5.74) is 6.03. The van der Waals surface area contributed by atoms with Gasteiger partial charge in [-0.3, -0.25) is 24.9 Å². The molecule has 32 heteroatoms. The van der Waals surface area contributed by atoms with Crippen molar-refractivity contribution in [3.8, 4) is 0 Å². The molecule has 0 aliphatic heterocycles. The number of hydrogen-bond acceptors (Lipinski definition) is 20. The topological polar surface area (TPSA) is 332 Å². The third-order valence-corrected chi connectivity index (χ3v) is 13.8.